The first-order valence-electron chi connectivity index (χ1n) is 13.9. The number of carbonyl (C=O) groups is 3. The average Bonchev–Trinajstić information content (AvgIpc) is 3.54. The topological polar surface area (TPSA) is 96.4 Å². The van der Waals surface area contributed by atoms with Crippen molar-refractivity contribution in [3.05, 3.63) is 54.6 Å². The lowest BCUT2D eigenvalue weighted by molar-refractivity contribution is -0.161. The molecule has 3 heterocycles. The van der Waals surface area contributed by atoms with E-state index >= 15 is 0 Å². The molecule has 212 valence electrons. The van der Waals surface area contributed by atoms with Crippen molar-refractivity contribution in [1.82, 2.24) is 4.90 Å². The predicted octanol–water partition coefficient (Wildman–Crippen LogP) is 4.30. The highest BCUT2D eigenvalue weighted by atomic mass is 35.5. The fraction of sp³-hybridized carbons (Fsp3) is 0.567. The van der Waals surface area contributed by atoms with Gasteiger partial charge in [-0.05, 0) is 69.2 Å². The quantitative estimate of drug-likeness (QED) is 0.208. The number of hydrogen-bond donors (Lipinski definition) is 1. The Kier molecular flexibility index (Phi) is 9.19. The molecule has 0 radical (unpaired) electrons. The number of ether oxygens (including phenoxy) is 2. The number of hydrogen-bond acceptors (Lipinski definition) is 6. The summed E-state index contributed by atoms with van der Waals surface area (Å²) in [7, 11) is 0. The maximum absolute atomic E-state index is 14.4. The molecule has 4 rings (SSSR count). The van der Waals surface area contributed by atoms with Gasteiger partial charge in [-0.15, -0.1) is 13.2 Å². The van der Waals surface area contributed by atoms with Gasteiger partial charge in [-0.25, -0.2) is 0 Å². The standard InChI is InChI=1S/C30H39ClN2O6/c1-4-7-10-20-38-28(37)24-23-26(35)33(18-8-9-19-34)25(30(23)16-15-29(24,6-3)39-30)27(36)32(17-5-2)22-13-11-21(31)12-14-22/h4-5,11-14,23-25,34H,1-2,6-10,15-20H2,3H3/t23-,24+,25?,29-,30?/m0/s1. The molecule has 9 heteroatoms. The minimum Gasteiger partial charge on any atom is -0.465 e. The maximum Gasteiger partial charge on any atom is 0.312 e. The fourth-order valence-corrected chi connectivity index (χ4v) is 6.83. The number of fused-ring (bicyclic) bond motifs is 1. The largest absolute Gasteiger partial charge is 0.465 e. The zero-order chi connectivity index (χ0) is 28.2. The maximum atomic E-state index is 14.4. The monoisotopic (exact) mass is 558 g/mol. The summed E-state index contributed by atoms with van der Waals surface area (Å²) < 4.78 is 12.4. The second kappa shape index (κ2) is 12.2. The van der Waals surface area contributed by atoms with Crippen LogP contribution in [-0.4, -0.2) is 71.3 Å². The minimum atomic E-state index is -1.14. The Balaban J connectivity index is 1.74. The van der Waals surface area contributed by atoms with Gasteiger partial charge in [0.05, 0.1) is 18.1 Å². The third-order valence-electron chi connectivity index (χ3n) is 8.49. The van der Waals surface area contributed by atoms with E-state index in [-0.39, 0.29) is 38.1 Å². The van der Waals surface area contributed by atoms with Crippen LogP contribution >= 0.6 is 11.6 Å². The van der Waals surface area contributed by atoms with Crippen LogP contribution in [0.1, 0.15) is 51.9 Å². The lowest BCUT2D eigenvalue weighted by Gasteiger charge is -2.37. The number of anilines is 1. The number of aliphatic hydroxyl groups is 1. The zero-order valence-electron chi connectivity index (χ0n) is 22.6. The Labute approximate surface area is 235 Å². The summed E-state index contributed by atoms with van der Waals surface area (Å²) in [6, 6.07) is 6.02. The molecule has 2 unspecified atom stereocenters. The molecular formula is C30H39ClN2O6. The van der Waals surface area contributed by atoms with Crippen LogP contribution in [0.15, 0.2) is 49.6 Å². The number of halogens is 1. The van der Waals surface area contributed by atoms with Gasteiger partial charge >= 0.3 is 5.97 Å². The number of carbonyl (C=O) groups excluding carboxylic acids is 3. The van der Waals surface area contributed by atoms with Crippen molar-refractivity contribution in [2.75, 3.05) is 31.2 Å². The molecule has 3 saturated heterocycles. The van der Waals surface area contributed by atoms with Gasteiger partial charge in [0.25, 0.3) is 5.91 Å². The van der Waals surface area contributed by atoms with Gasteiger partial charge in [-0.1, -0.05) is 30.7 Å². The SMILES string of the molecule is C=CCCCOC(=O)[C@H]1[C@H]2C(=O)N(CCCCO)C(C(=O)N(CC=C)c3ccc(Cl)cc3)C23CC[C@]1(CC)O3. The summed E-state index contributed by atoms with van der Waals surface area (Å²) in [6.45, 7) is 10.2. The first-order chi connectivity index (χ1) is 18.8. The van der Waals surface area contributed by atoms with Crippen molar-refractivity contribution in [3.8, 4) is 0 Å². The number of amides is 2. The molecule has 5 atom stereocenters. The lowest BCUT2D eigenvalue weighted by Crippen LogP contribution is -2.56. The average molecular weight is 559 g/mol. The van der Waals surface area contributed by atoms with Crippen LogP contribution in [0.3, 0.4) is 0 Å². The number of allylic oxidation sites excluding steroid dienone is 1. The van der Waals surface area contributed by atoms with E-state index in [0.717, 1.165) is 6.42 Å². The molecule has 8 nitrogen and oxygen atoms in total. The molecule has 1 aromatic rings. The summed E-state index contributed by atoms with van der Waals surface area (Å²) in [5, 5.41) is 9.93. The summed E-state index contributed by atoms with van der Waals surface area (Å²) >= 11 is 6.10. The van der Waals surface area contributed by atoms with Crippen molar-refractivity contribution < 1.29 is 29.0 Å². The van der Waals surface area contributed by atoms with E-state index in [1.165, 1.54) is 0 Å². The number of benzene rings is 1. The summed E-state index contributed by atoms with van der Waals surface area (Å²) in [4.78, 5) is 45.3. The molecule has 39 heavy (non-hydrogen) atoms. The van der Waals surface area contributed by atoms with E-state index in [9.17, 15) is 19.5 Å². The van der Waals surface area contributed by atoms with E-state index in [1.807, 2.05) is 6.92 Å². The first-order valence-corrected chi connectivity index (χ1v) is 14.2. The lowest BCUT2D eigenvalue weighted by atomic mass is 9.65. The molecule has 3 aliphatic heterocycles. The van der Waals surface area contributed by atoms with Crippen LogP contribution in [0, 0.1) is 11.8 Å². The van der Waals surface area contributed by atoms with Crippen LogP contribution in [-0.2, 0) is 23.9 Å². The van der Waals surface area contributed by atoms with Gasteiger partial charge in [0, 0.05) is 30.4 Å². The number of esters is 1. The minimum absolute atomic E-state index is 0.0162. The Bertz CT molecular complexity index is 1090. The molecule has 1 N–H and O–H groups in total. The van der Waals surface area contributed by atoms with E-state index in [1.54, 1.807) is 46.2 Å². The zero-order valence-corrected chi connectivity index (χ0v) is 23.4. The van der Waals surface area contributed by atoms with Gasteiger partial charge in [0.1, 0.15) is 17.6 Å². The predicted molar refractivity (Wildman–Crippen MR) is 149 cm³/mol. The fourth-order valence-electron chi connectivity index (χ4n) is 6.70. The molecular weight excluding hydrogens is 520 g/mol. The molecule has 0 saturated carbocycles. The van der Waals surface area contributed by atoms with E-state index in [0.29, 0.717) is 49.2 Å². The molecule has 2 amide bonds. The van der Waals surface area contributed by atoms with E-state index in [4.69, 9.17) is 21.1 Å². The molecule has 3 aliphatic rings. The van der Waals surface area contributed by atoms with Gasteiger partial charge < -0.3 is 24.4 Å². The van der Waals surface area contributed by atoms with Crippen molar-refractivity contribution in [3.63, 3.8) is 0 Å². The normalized spacial score (nSPS) is 28.8. The highest BCUT2D eigenvalue weighted by Gasteiger charge is 2.79. The highest BCUT2D eigenvalue weighted by Crippen LogP contribution is 2.64. The van der Waals surface area contributed by atoms with Gasteiger partial charge in [0.2, 0.25) is 5.91 Å². The number of unbranched alkanes of at least 4 members (excludes halogenated alkanes) is 2. The van der Waals surface area contributed by atoms with Gasteiger partial charge in [-0.3, -0.25) is 14.4 Å². The Hall–Kier alpha value is -2.68. The molecule has 1 spiro atoms. The molecule has 0 aromatic heterocycles. The number of rotatable bonds is 14. The number of nitrogens with zero attached hydrogens (tertiary/aromatic N) is 2. The van der Waals surface area contributed by atoms with Crippen LogP contribution in [0.25, 0.3) is 0 Å². The summed E-state index contributed by atoms with van der Waals surface area (Å²) in [5.41, 5.74) is -1.36. The van der Waals surface area contributed by atoms with Gasteiger partial charge in [-0.2, -0.15) is 0 Å². The van der Waals surface area contributed by atoms with Crippen LogP contribution in [0.2, 0.25) is 5.02 Å². The highest BCUT2D eigenvalue weighted by molar-refractivity contribution is 6.30. The Morgan fingerprint density at radius 1 is 1.21 bits per heavy atom. The van der Waals surface area contributed by atoms with E-state index in [2.05, 4.69) is 13.2 Å². The molecule has 2 bridgehead atoms. The van der Waals surface area contributed by atoms with Crippen molar-refractivity contribution >= 4 is 35.1 Å². The van der Waals surface area contributed by atoms with Crippen LogP contribution in [0.5, 0.6) is 0 Å². The smallest absolute Gasteiger partial charge is 0.312 e. The van der Waals surface area contributed by atoms with Crippen LogP contribution < -0.4 is 4.90 Å². The molecule has 1 aromatic carbocycles. The second-order valence-electron chi connectivity index (χ2n) is 10.6. The Morgan fingerprint density at radius 3 is 2.59 bits per heavy atom. The number of aliphatic hydroxyl groups excluding tert-OH is 1. The summed E-state index contributed by atoms with van der Waals surface area (Å²) in [6.07, 6.45) is 7.38. The molecule has 3 fully saturated rings. The van der Waals surface area contributed by atoms with Crippen molar-refractivity contribution in [2.45, 2.75) is 69.1 Å². The third-order valence-corrected chi connectivity index (χ3v) is 8.74. The number of likely N-dealkylation sites (tertiary alicyclic amines) is 1. The van der Waals surface area contributed by atoms with Gasteiger partial charge in [0.15, 0.2) is 0 Å². The van der Waals surface area contributed by atoms with E-state index < -0.39 is 35.0 Å². The first kappa shape index (κ1) is 29.3. The third kappa shape index (κ3) is 5.14. The Morgan fingerprint density at radius 2 is 1.95 bits per heavy atom. The van der Waals surface area contributed by atoms with Crippen LogP contribution in [0.4, 0.5) is 5.69 Å². The second-order valence-corrected chi connectivity index (χ2v) is 11.0. The van der Waals surface area contributed by atoms with Crippen molar-refractivity contribution in [1.29, 1.82) is 0 Å². The molecule has 0 aliphatic carbocycles. The van der Waals surface area contributed by atoms with Crippen molar-refractivity contribution in [2.24, 2.45) is 11.8 Å². The summed E-state index contributed by atoms with van der Waals surface area (Å²) in [5.74, 6) is -2.58.